The van der Waals surface area contributed by atoms with E-state index >= 15 is 0 Å². The number of halogens is 3. The van der Waals surface area contributed by atoms with Gasteiger partial charge in [0.05, 0.1) is 0 Å². The molecule has 0 nitrogen and oxygen atoms in total. The lowest BCUT2D eigenvalue weighted by Crippen LogP contribution is -1.47. The molecule has 4 radical (unpaired) electrons. The molecule has 8 heavy (non-hydrogen) atoms. The van der Waals surface area contributed by atoms with E-state index in [1.54, 1.807) is 0 Å². The number of rotatable bonds is 1. The predicted octanol–water partition coefficient (Wildman–Crippen LogP) is 2.69. The van der Waals surface area contributed by atoms with E-state index in [4.69, 9.17) is 0 Å². The summed E-state index contributed by atoms with van der Waals surface area (Å²) >= 11 is 0. The maximum absolute atomic E-state index is 2.18. The van der Waals surface area contributed by atoms with Crippen molar-refractivity contribution >= 4 is 48.2 Å². The summed E-state index contributed by atoms with van der Waals surface area (Å²) in [4.78, 5) is 0. The van der Waals surface area contributed by atoms with E-state index in [1.165, 1.54) is 12.8 Å². The van der Waals surface area contributed by atoms with Gasteiger partial charge in [-0.1, -0.05) is 26.7 Å². The van der Waals surface area contributed by atoms with E-state index < -0.39 is 0 Å². The van der Waals surface area contributed by atoms with Crippen molar-refractivity contribution < 1.29 is 0 Å². The summed E-state index contributed by atoms with van der Waals surface area (Å²) < 4.78 is 0. The van der Waals surface area contributed by atoms with Gasteiger partial charge in [0.1, 0.15) is 0 Å². The minimum absolute atomic E-state index is 0. The number of unbranched alkanes of at least 4 members (excludes halogenated alkanes) is 1. The Hall–Kier alpha value is 1.09. The molecule has 0 saturated heterocycles. The van der Waals surface area contributed by atoms with Gasteiger partial charge in [-0.2, -0.15) is 0 Å². The topological polar surface area (TPSA) is 0 Å². The van der Waals surface area contributed by atoms with Crippen molar-refractivity contribution in [2.75, 3.05) is 0 Å². The molecule has 54 valence electrons. The summed E-state index contributed by atoms with van der Waals surface area (Å²) in [6, 6.07) is 0. The summed E-state index contributed by atoms with van der Waals surface area (Å²) in [6.45, 7) is 4.36. The zero-order chi connectivity index (χ0) is 3.41. The Labute approximate surface area is 75.1 Å². The molecule has 0 aliphatic rings. The summed E-state index contributed by atoms with van der Waals surface area (Å²) in [7, 11) is 0. The zero-order valence-electron chi connectivity index (χ0n) is 5.14. The lowest BCUT2D eigenvalue weighted by molar-refractivity contribution is 0.886. The molecule has 0 bridgehead atoms. The first-order chi connectivity index (χ1) is 1.91. The Morgan fingerprint density at radius 1 is 0.750 bits per heavy atom. The molecular weight excluding hydrogens is 182 g/mol. The highest BCUT2D eigenvalue weighted by Gasteiger charge is 1.56. The molecule has 0 amide bonds. The van der Waals surface area contributed by atoms with Crippen molar-refractivity contribution in [3.63, 3.8) is 0 Å². The van der Waals surface area contributed by atoms with Crippen LogP contribution in [0.15, 0.2) is 0 Å². The van der Waals surface area contributed by atoms with Crippen LogP contribution in [0.4, 0.5) is 0 Å². The lowest BCUT2D eigenvalue weighted by Gasteiger charge is -1.68. The molecule has 0 spiro atoms. The first-order valence-electron chi connectivity index (χ1n) is 1.91. The van der Waals surface area contributed by atoms with Gasteiger partial charge in [-0.05, 0) is 0 Å². The summed E-state index contributed by atoms with van der Waals surface area (Å²) in [5, 5.41) is 0. The van der Waals surface area contributed by atoms with Crippen LogP contribution >= 0.6 is 37.2 Å². The van der Waals surface area contributed by atoms with Gasteiger partial charge in [-0.15, -0.1) is 37.2 Å². The Morgan fingerprint density at radius 2 is 0.875 bits per heavy atom. The molecule has 0 saturated carbocycles. The molecule has 0 aromatic heterocycles. The molecular formula is C4H13Cl3Si. The van der Waals surface area contributed by atoms with Gasteiger partial charge in [-0.25, -0.2) is 0 Å². The van der Waals surface area contributed by atoms with Crippen LogP contribution in [0, 0.1) is 0 Å². The Kier molecular flexibility index (Phi) is 190. The van der Waals surface area contributed by atoms with Crippen molar-refractivity contribution in [3.8, 4) is 0 Å². The van der Waals surface area contributed by atoms with Gasteiger partial charge in [-0.3, -0.25) is 0 Å². The van der Waals surface area contributed by atoms with E-state index in [0.29, 0.717) is 0 Å². The highest BCUT2D eigenvalue weighted by atomic mass is 35.5. The summed E-state index contributed by atoms with van der Waals surface area (Å²) in [5.41, 5.74) is 0. The van der Waals surface area contributed by atoms with Crippen molar-refractivity contribution in [1.29, 1.82) is 0 Å². The average molecular weight is 196 g/mol. The fraction of sp³-hybridized carbons (Fsp3) is 1.00. The van der Waals surface area contributed by atoms with Crippen LogP contribution in [0.3, 0.4) is 0 Å². The third-order valence-corrected chi connectivity index (χ3v) is 0.500. The molecule has 0 heterocycles. The van der Waals surface area contributed by atoms with Crippen molar-refractivity contribution in [2.24, 2.45) is 0 Å². The molecule has 0 unspecified atom stereocenters. The van der Waals surface area contributed by atoms with Crippen molar-refractivity contribution in [1.82, 2.24) is 0 Å². The van der Waals surface area contributed by atoms with E-state index in [-0.39, 0.29) is 48.2 Å². The van der Waals surface area contributed by atoms with E-state index in [1.807, 2.05) is 0 Å². The maximum atomic E-state index is 2.18. The van der Waals surface area contributed by atoms with Crippen molar-refractivity contribution in [3.05, 3.63) is 0 Å². The van der Waals surface area contributed by atoms with Gasteiger partial charge in [0.2, 0.25) is 0 Å². The second-order valence-corrected chi connectivity index (χ2v) is 1.000. The van der Waals surface area contributed by atoms with E-state index in [2.05, 4.69) is 13.8 Å². The molecule has 0 aromatic carbocycles. The molecule has 4 heteroatoms. The standard InChI is InChI=1S/C4H10.3ClH.Si/c1-3-4-2;;;;/h3-4H2,1-2H3;3*1H;. The third-order valence-electron chi connectivity index (χ3n) is 0.500. The fourth-order valence-corrected chi connectivity index (χ4v) is 0. The molecule has 0 aliphatic heterocycles. The number of hydrogen-bond acceptors (Lipinski definition) is 0. The Bertz CT molecular complexity index is 13.2. The molecule has 0 N–H and O–H groups in total. The van der Waals surface area contributed by atoms with E-state index in [9.17, 15) is 0 Å². The van der Waals surface area contributed by atoms with Crippen LogP contribution in [0.2, 0.25) is 0 Å². The molecule has 0 fully saturated rings. The fourth-order valence-electron chi connectivity index (χ4n) is 0. The highest BCUT2D eigenvalue weighted by Crippen LogP contribution is 1.76. The third kappa shape index (κ3) is 60.3. The Balaban J connectivity index is -0.00000000750. The van der Waals surface area contributed by atoms with Gasteiger partial charge >= 0.3 is 0 Å². The van der Waals surface area contributed by atoms with Crippen LogP contribution in [-0.4, -0.2) is 11.0 Å². The van der Waals surface area contributed by atoms with E-state index in [0.717, 1.165) is 0 Å². The number of hydrogen-bond donors (Lipinski definition) is 0. The molecule has 0 aromatic rings. The lowest BCUT2D eigenvalue weighted by atomic mass is 10.4. The Morgan fingerprint density at radius 3 is 0.875 bits per heavy atom. The van der Waals surface area contributed by atoms with Crippen LogP contribution in [0.1, 0.15) is 26.7 Å². The maximum Gasteiger partial charge on any atom is 0 e. The van der Waals surface area contributed by atoms with Gasteiger partial charge in [0, 0.05) is 11.0 Å². The molecule has 0 rings (SSSR count). The van der Waals surface area contributed by atoms with Gasteiger partial charge < -0.3 is 0 Å². The summed E-state index contributed by atoms with van der Waals surface area (Å²) in [5.74, 6) is 0. The predicted molar refractivity (Wildman–Crippen MR) is 48.1 cm³/mol. The molecule has 0 aliphatic carbocycles. The summed E-state index contributed by atoms with van der Waals surface area (Å²) in [6.07, 6.45) is 2.64. The minimum atomic E-state index is 0. The highest BCUT2D eigenvalue weighted by molar-refractivity contribution is 5.86. The van der Waals surface area contributed by atoms with Crippen molar-refractivity contribution in [2.45, 2.75) is 26.7 Å². The quantitative estimate of drug-likeness (QED) is 0.565. The first kappa shape index (κ1) is 35.6. The average Bonchev–Trinajstić information content (AvgIpc) is 1.37. The zero-order valence-corrected chi connectivity index (χ0v) is 8.59. The van der Waals surface area contributed by atoms with Crippen LogP contribution in [0.5, 0.6) is 0 Å². The minimum Gasteiger partial charge on any atom is -0.147 e. The SMILES string of the molecule is CCCC.Cl.Cl.Cl.[Si]. The normalized spacial score (nSPS) is 3.75. The second kappa shape index (κ2) is 42.6. The second-order valence-electron chi connectivity index (χ2n) is 1.000. The smallest absolute Gasteiger partial charge is 0 e. The largest absolute Gasteiger partial charge is 0.147 e. The van der Waals surface area contributed by atoms with Crippen LogP contribution in [-0.2, 0) is 0 Å². The van der Waals surface area contributed by atoms with Crippen LogP contribution in [0.25, 0.3) is 0 Å². The van der Waals surface area contributed by atoms with Gasteiger partial charge in [0.25, 0.3) is 0 Å². The van der Waals surface area contributed by atoms with Crippen LogP contribution < -0.4 is 0 Å². The van der Waals surface area contributed by atoms with Gasteiger partial charge in [0.15, 0.2) is 0 Å². The monoisotopic (exact) mass is 194 g/mol. The molecule has 0 atom stereocenters. The first-order valence-corrected chi connectivity index (χ1v) is 1.91.